The maximum atomic E-state index is 14.9. The monoisotopic (exact) mass is 455 g/mol. The van der Waals surface area contributed by atoms with Crippen molar-refractivity contribution < 1.29 is 9.18 Å². The number of nitrogens with zero attached hydrogens (tertiary/aromatic N) is 6. The first-order valence-electron chi connectivity index (χ1n) is 11.3. The summed E-state index contributed by atoms with van der Waals surface area (Å²) in [4.78, 5) is 22.4. The minimum Gasteiger partial charge on any atom is -0.383 e. The van der Waals surface area contributed by atoms with E-state index in [0.29, 0.717) is 41.5 Å². The number of rotatable bonds is 3. The summed E-state index contributed by atoms with van der Waals surface area (Å²) in [5.74, 6) is 5.74. The van der Waals surface area contributed by atoms with Crippen molar-refractivity contribution in [1.29, 1.82) is 0 Å². The lowest BCUT2D eigenvalue weighted by Gasteiger charge is -2.15. The summed E-state index contributed by atoms with van der Waals surface area (Å²) in [6, 6.07) is 5.40. The van der Waals surface area contributed by atoms with Gasteiger partial charge in [0.05, 0.1) is 39.9 Å². The second-order valence-corrected chi connectivity index (χ2v) is 8.77. The molecule has 34 heavy (non-hydrogen) atoms. The molecule has 1 amide bonds. The van der Waals surface area contributed by atoms with Gasteiger partial charge in [-0.05, 0) is 43.4 Å². The van der Waals surface area contributed by atoms with E-state index in [4.69, 9.17) is 10.8 Å². The zero-order chi connectivity index (χ0) is 23.4. The topological polar surface area (TPSA) is 94.9 Å². The van der Waals surface area contributed by atoms with Crippen molar-refractivity contribution in [2.24, 2.45) is 0 Å². The average Bonchev–Trinajstić information content (AvgIpc) is 3.25. The predicted octanol–water partition coefficient (Wildman–Crippen LogP) is 3.20. The van der Waals surface area contributed by atoms with Crippen molar-refractivity contribution >= 4 is 33.7 Å². The first-order chi connectivity index (χ1) is 16.5. The van der Waals surface area contributed by atoms with Gasteiger partial charge in [-0.2, -0.15) is 5.10 Å². The van der Waals surface area contributed by atoms with Gasteiger partial charge in [-0.15, -0.1) is 0 Å². The van der Waals surface area contributed by atoms with Crippen LogP contribution in [0.4, 0.5) is 10.2 Å². The Morgan fingerprint density at radius 2 is 2.03 bits per heavy atom. The third-order valence-corrected chi connectivity index (χ3v) is 6.56. The van der Waals surface area contributed by atoms with Crippen molar-refractivity contribution in [3.05, 3.63) is 60.5 Å². The number of carbonyl (C=O) groups excluding carboxylic acids is 1. The fourth-order valence-corrected chi connectivity index (χ4v) is 4.66. The number of carbonyl (C=O) groups is 1. The quantitative estimate of drug-likeness (QED) is 0.378. The molecule has 1 aliphatic carbocycles. The van der Waals surface area contributed by atoms with E-state index < -0.39 is 5.82 Å². The standard InChI is InChI=1S/C25H22FN7O/c1-2-23(34)31-10-8-17(13-31)33-21-7-9-28-25(27)24(21)19(30-33)6-3-15-11-20-22(12-18(15)26)32(14-29-20)16-4-5-16/h2,7,9,11-12,14,16-17H,1,4-5,8,10,13H2,(H2,27,28)/t17-/m0/s1. The number of nitrogens with two attached hydrogens (primary N) is 1. The number of nitrogen functional groups attached to an aromatic ring is 1. The minimum absolute atomic E-state index is 0.0248. The van der Waals surface area contributed by atoms with Gasteiger partial charge in [0.1, 0.15) is 17.3 Å². The van der Waals surface area contributed by atoms with Crippen LogP contribution in [-0.2, 0) is 4.79 Å². The summed E-state index contributed by atoms with van der Waals surface area (Å²) in [5, 5.41) is 5.34. The second-order valence-electron chi connectivity index (χ2n) is 8.77. The Kier molecular flexibility index (Phi) is 4.62. The Bertz CT molecular complexity index is 1540. The number of hydrogen-bond donors (Lipinski definition) is 1. The molecule has 6 rings (SSSR count). The Labute approximate surface area is 194 Å². The lowest BCUT2D eigenvalue weighted by molar-refractivity contribution is -0.125. The van der Waals surface area contributed by atoms with E-state index in [1.807, 2.05) is 15.3 Å². The first kappa shape index (κ1) is 20.4. The van der Waals surface area contributed by atoms with Crippen LogP contribution in [0, 0.1) is 17.7 Å². The van der Waals surface area contributed by atoms with E-state index in [-0.39, 0.29) is 17.5 Å². The Morgan fingerprint density at radius 3 is 2.82 bits per heavy atom. The summed E-state index contributed by atoms with van der Waals surface area (Å²) in [7, 11) is 0. The zero-order valence-electron chi connectivity index (χ0n) is 18.4. The van der Waals surface area contributed by atoms with Gasteiger partial charge in [-0.25, -0.2) is 14.4 Å². The van der Waals surface area contributed by atoms with E-state index in [9.17, 15) is 9.18 Å². The van der Waals surface area contributed by atoms with Gasteiger partial charge < -0.3 is 15.2 Å². The average molecular weight is 455 g/mol. The number of fused-ring (bicyclic) bond motifs is 2. The lowest BCUT2D eigenvalue weighted by Crippen LogP contribution is -2.27. The molecule has 9 heteroatoms. The smallest absolute Gasteiger partial charge is 0.246 e. The van der Waals surface area contributed by atoms with Crippen LogP contribution in [0.3, 0.4) is 0 Å². The van der Waals surface area contributed by atoms with Gasteiger partial charge in [0, 0.05) is 31.4 Å². The SMILES string of the molecule is C=CC(=O)N1CC[C@H](n2nc(C#Cc3cc4ncn(C5CC5)c4cc3F)c3c(N)nccc32)C1. The van der Waals surface area contributed by atoms with Crippen molar-refractivity contribution in [2.45, 2.75) is 31.3 Å². The molecule has 3 aromatic heterocycles. The number of benzene rings is 1. The molecule has 170 valence electrons. The summed E-state index contributed by atoms with van der Waals surface area (Å²) in [5.41, 5.74) is 9.15. The summed E-state index contributed by atoms with van der Waals surface area (Å²) in [6.45, 7) is 4.71. The second kappa shape index (κ2) is 7.70. The number of anilines is 1. The molecule has 0 unspecified atom stereocenters. The number of imidazole rings is 1. The molecule has 1 aromatic carbocycles. The molecule has 4 aromatic rings. The molecule has 1 atom stereocenters. The highest BCUT2D eigenvalue weighted by Gasteiger charge is 2.29. The van der Waals surface area contributed by atoms with Crippen LogP contribution in [0.2, 0.25) is 0 Å². The third kappa shape index (κ3) is 3.30. The number of amides is 1. The van der Waals surface area contributed by atoms with Crippen molar-refractivity contribution in [3.63, 3.8) is 0 Å². The van der Waals surface area contributed by atoms with Gasteiger partial charge in [0.2, 0.25) is 5.91 Å². The molecule has 2 fully saturated rings. The summed E-state index contributed by atoms with van der Waals surface area (Å²) < 4.78 is 18.8. The van der Waals surface area contributed by atoms with Crippen LogP contribution >= 0.6 is 0 Å². The van der Waals surface area contributed by atoms with Crippen molar-refractivity contribution in [2.75, 3.05) is 18.8 Å². The van der Waals surface area contributed by atoms with Gasteiger partial charge in [0.15, 0.2) is 0 Å². The van der Waals surface area contributed by atoms with Crippen LogP contribution in [0.25, 0.3) is 21.9 Å². The van der Waals surface area contributed by atoms with E-state index >= 15 is 0 Å². The minimum atomic E-state index is -0.397. The Balaban J connectivity index is 1.39. The normalized spacial score (nSPS) is 17.8. The fraction of sp³-hybridized carbons (Fsp3) is 0.280. The number of aromatic nitrogens is 5. The van der Waals surface area contributed by atoms with E-state index in [2.05, 4.69) is 28.4 Å². The highest BCUT2D eigenvalue weighted by Crippen LogP contribution is 2.37. The van der Waals surface area contributed by atoms with Crippen molar-refractivity contribution in [1.82, 2.24) is 29.2 Å². The molecular formula is C25H22FN7O. The summed E-state index contributed by atoms with van der Waals surface area (Å²) in [6.07, 6.45) is 7.66. The van der Waals surface area contributed by atoms with Gasteiger partial charge in [0.25, 0.3) is 0 Å². The largest absolute Gasteiger partial charge is 0.383 e. The molecule has 2 N–H and O–H groups in total. The number of halogens is 1. The van der Waals surface area contributed by atoms with Crippen LogP contribution < -0.4 is 5.73 Å². The third-order valence-electron chi connectivity index (χ3n) is 6.56. The predicted molar refractivity (Wildman–Crippen MR) is 126 cm³/mol. The highest BCUT2D eigenvalue weighted by atomic mass is 19.1. The molecule has 1 saturated carbocycles. The van der Waals surface area contributed by atoms with Gasteiger partial charge >= 0.3 is 0 Å². The van der Waals surface area contributed by atoms with Crippen molar-refractivity contribution in [3.8, 4) is 11.8 Å². The van der Waals surface area contributed by atoms with Crippen LogP contribution in [0.5, 0.6) is 0 Å². The molecular weight excluding hydrogens is 433 g/mol. The van der Waals surface area contributed by atoms with Gasteiger partial charge in [-0.1, -0.05) is 12.5 Å². The molecule has 1 aliphatic heterocycles. The molecule has 0 radical (unpaired) electrons. The molecule has 0 bridgehead atoms. The van der Waals surface area contributed by atoms with Crippen LogP contribution in [0.1, 0.15) is 42.6 Å². The van der Waals surface area contributed by atoms with E-state index in [0.717, 1.165) is 30.3 Å². The van der Waals surface area contributed by atoms with E-state index in [1.54, 1.807) is 23.5 Å². The Morgan fingerprint density at radius 1 is 1.18 bits per heavy atom. The maximum Gasteiger partial charge on any atom is 0.246 e. The van der Waals surface area contributed by atoms with E-state index in [1.165, 1.54) is 12.1 Å². The number of pyridine rings is 1. The molecule has 1 saturated heterocycles. The molecule has 8 nitrogen and oxygen atoms in total. The van der Waals surface area contributed by atoms with Gasteiger partial charge in [-0.3, -0.25) is 9.48 Å². The molecule has 4 heterocycles. The zero-order valence-corrected chi connectivity index (χ0v) is 18.4. The fourth-order valence-electron chi connectivity index (χ4n) is 4.66. The molecule has 0 spiro atoms. The number of likely N-dealkylation sites (tertiary alicyclic amines) is 1. The Hall–Kier alpha value is -4.19. The first-order valence-corrected chi connectivity index (χ1v) is 11.3. The van der Waals surface area contributed by atoms with Crippen LogP contribution in [-0.4, -0.2) is 48.2 Å². The summed E-state index contributed by atoms with van der Waals surface area (Å²) >= 11 is 0. The van der Waals surface area contributed by atoms with Crippen LogP contribution in [0.15, 0.2) is 43.4 Å². The number of hydrogen-bond acceptors (Lipinski definition) is 5. The maximum absolute atomic E-state index is 14.9. The highest BCUT2D eigenvalue weighted by molar-refractivity contribution is 5.93. The molecule has 2 aliphatic rings. The lowest BCUT2D eigenvalue weighted by atomic mass is 10.1.